The van der Waals surface area contributed by atoms with Gasteiger partial charge in [-0.2, -0.15) is 0 Å². The number of pyridine rings is 1. The lowest BCUT2D eigenvalue weighted by Gasteiger charge is -2.14. The van der Waals surface area contributed by atoms with Gasteiger partial charge < -0.3 is 14.6 Å². The highest BCUT2D eigenvalue weighted by Gasteiger charge is 2.10. The van der Waals surface area contributed by atoms with Crippen molar-refractivity contribution in [2.45, 2.75) is 19.4 Å². The molecule has 1 N–H and O–H groups in total. The molecule has 0 bridgehead atoms. The Labute approximate surface area is 119 Å². The summed E-state index contributed by atoms with van der Waals surface area (Å²) in [4.78, 5) is 4.25. The molecule has 0 unspecified atom stereocenters. The Bertz CT molecular complexity index is 541. The summed E-state index contributed by atoms with van der Waals surface area (Å²) >= 11 is 0. The Morgan fingerprint density at radius 2 is 2.10 bits per heavy atom. The molecule has 4 nitrogen and oxygen atoms in total. The van der Waals surface area contributed by atoms with Crippen LogP contribution in [0.5, 0.6) is 11.5 Å². The van der Waals surface area contributed by atoms with E-state index < -0.39 is 6.10 Å². The number of aromatic nitrogens is 1. The van der Waals surface area contributed by atoms with Crippen molar-refractivity contribution < 1.29 is 14.6 Å². The highest BCUT2D eigenvalue weighted by Crippen LogP contribution is 2.29. The normalized spacial score (nSPS) is 11.9. The standard InChI is InChI=1S/C16H19NO3/c1-12(18)15-7-6-14(19-2)11-16(15)20-10-8-13-5-3-4-9-17-13/h3-7,9,11-12,18H,8,10H2,1-2H3/t12-/m0/s1. The Morgan fingerprint density at radius 1 is 1.25 bits per heavy atom. The molecule has 0 aliphatic carbocycles. The third-order valence-electron chi connectivity index (χ3n) is 3.01. The minimum absolute atomic E-state index is 0.504. The molecule has 0 aliphatic rings. The van der Waals surface area contributed by atoms with Crippen LogP contribution in [0.3, 0.4) is 0 Å². The molecule has 0 amide bonds. The lowest BCUT2D eigenvalue weighted by Crippen LogP contribution is -2.06. The Balaban J connectivity index is 2.04. The summed E-state index contributed by atoms with van der Waals surface area (Å²) < 4.78 is 10.9. The van der Waals surface area contributed by atoms with Crippen molar-refractivity contribution in [3.05, 3.63) is 53.9 Å². The molecule has 1 aromatic heterocycles. The lowest BCUT2D eigenvalue weighted by atomic mass is 10.1. The summed E-state index contributed by atoms with van der Waals surface area (Å²) in [5.41, 5.74) is 1.74. The van der Waals surface area contributed by atoms with E-state index in [0.717, 1.165) is 17.7 Å². The summed E-state index contributed by atoms with van der Waals surface area (Å²) in [5.74, 6) is 1.36. The number of rotatable bonds is 6. The molecule has 20 heavy (non-hydrogen) atoms. The Hall–Kier alpha value is -2.07. The molecule has 0 spiro atoms. The van der Waals surface area contributed by atoms with Gasteiger partial charge in [0, 0.05) is 29.9 Å². The maximum absolute atomic E-state index is 9.75. The zero-order valence-electron chi connectivity index (χ0n) is 11.7. The van der Waals surface area contributed by atoms with Crippen LogP contribution in [0.15, 0.2) is 42.6 Å². The molecule has 0 aliphatic heterocycles. The van der Waals surface area contributed by atoms with Gasteiger partial charge in [0.05, 0.1) is 19.8 Å². The summed E-state index contributed by atoms with van der Waals surface area (Å²) in [6.07, 6.45) is 1.91. The van der Waals surface area contributed by atoms with Gasteiger partial charge in [-0.25, -0.2) is 0 Å². The maximum Gasteiger partial charge on any atom is 0.128 e. The van der Waals surface area contributed by atoms with Crippen LogP contribution in [-0.4, -0.2) is 23.8 Å². The number of nitrogens with zero attached hydrogens (tertiary/aromatic N) is 1. The van der Waals surface area contributed by atoms with E-state index >= 15 is 0 Å². The molecule has 4 heteroatoms. The first-order chi connectivity index (χ1) is 9.70. The molecule has 0 saturated carbocycles. The molecule has 1 atom stereocenters. The van der Waals surface area contributed by atoms with Crippen LogP contribution in [0.2, 0.25) is 0 Å². The molecule has 0 fully saturated rings. The van der Waals surface area contributed by atoms with E-state index in [2.05, 4.69) is 4.98 Å². The number of hydrogen-bond donors (Lipinski definition) is 1. The lowest BCUT2D eigenvalue weighted by molar-refractivity contribution is 0.191. The quantitative estimate of drug-likeness (QED) is 0.879. The number of benzene rings is 1. The number of ether oxygens (including phenoxy) is 2. The van der Waals surface area contributed by atoms with Crippen molar-refractivity contribution in [3.63, 3.8) is 0 Å². The second-order valence-corrected chi connectivity index (χ2v) is 4.50. The first-order valence-corrected chi connectivity index (χ1v) is 6.59. The Morgan fingerprint density at radius 3 is 2.75 bits per heavy atom. The van der Waals surface area contributed by atoms with Crippen LogP contribution >= 0.6 is 0 Å². The minimum atomic E-state index is -0.578. The molecule has 0 radical (unpaired) electrons. The van der Waals surface area contributed by atoms with E-state index in [9.17, 15) is 5.11 Å². The summed E-state index contributed by atoms with van der Waals surface area (Å²) in [5, 5.41) is 9.75. The number of aliphatic hydroxyl groups is 1. The molecule has 0 saturated heterocycles. The molecule has 2 rings (SSSR count). The van der Waals surface area contributed by atoms with Gasteiger partial charge in [0.15, 0.2) is 0 Å². The average Bonchev–Trinajstić information content (AvgIpc) is 2.48. The van der Waals surface area contributed by atoms with Crippen LogP contribution in [0.4, 0.5) is 0 Å². The Kier molecular flexibility index (Phi) is 4.96. The number of hydrogen-bond acceptors (Lipinski definition) is 4. The highest BCUT2D eigenvalue weighted by molar-refractivity contribution is 5.41. The average molecular weight is 273 g/mol. The SMILES string of the molecule is COc1ccc([C@H](C)O)c(OCCc2ccccn2)c1. The molecule has 2 aromatic rings. The summed E-state index contributed by atoms with van der Waals surface area (Å²) in [7, 11) is 1.61. The van der Waals surface area contributed by atoms with Crippen molar-refractivity contribution in [1.29, 1.82) is 0 Å². The van der Waals surface area contributed by atoms with Crippen molar-refractivity contribution in [2.24, 2.45) is 0 Å². The second kappa shape index (κ2) is 6.91. The molecular formula is C16H19NO3. The van der Waals surface area contributed by atoms with Gasteiger partial charge in [-0.1, -0.05) is 6.07 Å². The van der Waals surface area contributed by atoms with Gasteiger partial charge in [-0.3, -0.25) is 4.98 Å². The van der Waals surface area contributed by atoms with Gasteiger partial charge in [0.2, 0.25) is 0 Å². The van der Waals surface area contributed by atoms with Crippen LogP contribution in [-0.2, 0) is 6.42 Å². The van der Waals surface area contributed by atoms with Crippen LogP contribution in [0, 0.1) is 0 Å². The van der Waals surface area contributed by atoms with E-state index in [-0.39, 0.29) is 0 Å². The molecular weight excluding hydrogens is 254 g/mol. The third-order valence-corrected chi connectivity index (χ3v) is 3.01. The monoisotopic (exact) mass is 273 g/mol. The maximum atomic E-state index is 9.75. The van der Waals surface area contributed by atoms with Crippen LogP contribution < -0.4 is 9.47 Å². The van der Waals surface area contributed by atoms with Crippen molar-refractivity contribution >= 4 is 0 Å². The zero-order chi connectivity index (χ0) is 14.4. The second-order valence-electron chi connectivity index (χ2n) is 4.50. The van der Waals surface area contributed by atoms with Crippen molar-refractivity contribution in [1.82, 2.24) is 4.98 Å². The fourth-order valence-electron chi connectivity index (χ4n) is 1.92. The summed E-state index contributed by atoms with van der Waals surface area (Å²) in [6, 6.07) is 11.2. The minimum Gasteiger partial charge on any atom is -0.497 e. The fourth-order valence-corrected chi connectivity index (χ4v) is 1.92. The zero-order valence-corrected chi connectivity index (χ0v) is 11.7. The predicted molar refractivity (Wildman–Crippen MR) is 77.1 cm³/mol. The van der Waals surface area contributed by atoms with Gasteiger partial charge in [0.25, 0.3) is 0 Å². The first-order valence-electron chi connectivity index (χ1n) is 6.59. The first kappa shape index (κ1) is 14.3. The van der Waals surface area contributed by atoms with E-state index in [0.29, 0.717) is 18.1 Å². The van der Waals surface area contributed by atoms with E-state index in [1.165, 1.54) is 0 Å². The van der Waals surface area contributed by atoms with Crippen molar-refractivity contribution in [2.75, 3.05) is 13.7 Å². The van der Waals surface area contributed by atoms with E-state index in [1.54, 1.807) is 26.3 Å². The fraction of sp³-hybridized carbons (Fsp3) is 0.312. The van der Waals surface area contributed by atoms with E-state index in [4.69, 9.17) is 9.47 Å². The predicted octanol–water partition coefficient (Wildman–Crippen LogP) is 2.77. The number of aliphatic hydroxyl groups excluding tert-OH is 1. The summed E-state index contributed by atoms with van der Waals surface area (Å²) in [6.45, 7) is 2.22. The van der Waals surface area contributed by atoms with Crippen LogP contribution in [0.1, 0.15) is 24.3 Å². The van der Waals surface area contributed by atoms with Crippen molar-refractivity contribution in [3.8, 4) is 11.5 Å². The van der Waals surface area contributed by atoms with E-state index in [1.807, 2.05) is 30.3 Å². The van der Waals surface area contributed by atoms with Gasteiger partial charge in [0.1, 0.15) is 11.5 Å². The van der Waals surface area contributed by atoms with Crippen LogP contribution in [0.25, 0.3) is 0 Å². The van der Waals surface area contributed by atoms with Gasteiger partial charge in [-0.15, -0.1) is 0 Å². The molecule has 106 valence electrons. The van der Waals surface area contributed by atoms with Gasteiger partial charge in [-0.05, 0) is 31.2 Å². The third kappa shape index (κ3) is 3.71. The largest absolute Gasteiger partial charge is 0.497 e. The van der Waals surface area contributed by atoms with Gasteiger partial charge >= 0.3 is 0 Å². The molecule has 1 aromatic carbocycles. The smallest absolute Gasteiger partial charge is 0.128 e. The number of methoxy groups -OCH3 is 1. The highest BCUT2D eigenvalue weighted by atomic mass is 16.5. The topological polar surface area (TPSA) is 51.6 Å². The molecule has 1 heterocycles.